The fourth-order valence-electron chi connectivity index (χ4n) is 4.27. The van der Waals surface area contributed by atoms with Crippen molar-refractivity contribution in [1.82, 2.24) is 0 Å². The lowest BCUT2D eigenvalue weighted by Crippen LogP contribution is -2.68. The van der Waals surface area contributed by atoms with Gasteiger partial charge in [0.05, 0.1) is 20.6 Å². The lowest BCUT2D eigenvalue weighted by atomic mass is 9.96. The van der Waals surface area contributed by atoms with E-state index in [0.717, 1.165) is 12.8 Å². The van der Waals surface area contributed by atoms with Crippen molar-refractivity contribution >= 4 is 5.97 Å². The van der Waals surface area contributed by atoms with Crippen LogP contribution in [0.5, 0.6) is 0 Å². The smallest absolute Gasteiger partial charge is 0.370 e. The van der Waals surface area contributed by atoms with Crippen LogP contribution in [0.3, 0.4) is 0 Å². The number of aliphatic carboxylic acids is 1. The highest BCUT2D eigenvalue weighted by Crippen LogP contribution is 2.23. The maximum atomic E-state index is 11.6. The van der Waals surface area contributed by atoms with E-state index >= 15 is 0 Å². The van der Waals surface area contributed by atoms with Crippen molar-refractivity contribution in [3.63, 3.8) is 0 Å². The first-order valence-electron chi connectivity index (χ1n) is 12.7. The summed E-state index contributed by atoms with van der Waals surface area (Å²) >= 11 is 0. The van der Waals surface area contributed by atoms with Gasteiger partial charge in [-0.2, -0.15) is 0 Å². The monoisotopic (exact) mass is 430 g/mol. The number of aliphatic hydroxyl groups is 2. The molecule has 0 saturated carbocycles. The number of hydrogen-bond acceptors (Lipinski definition) is 3. The number of unbranched alkanes of at least 4 members (excludes halogenated alkanes) is 16. The zero-order valence-corrected chi connectivity index (χ0v) is 20.3. The van der Waals surface area contributed by atoms with Crippen LogP contribution >= 0.6 is 0 Å². The molecule has 0 aliphatic carbocycles. The number of carboxylic acid groups (broad SMARTS) is 1. The van der Waals surface area contributed by atoms with E-state index in [4.69, 9.17) is 0 Å². The van der Waals surface area contributed by atoms with Gasteiger partial charge in [-0.05, 0) is 12.8 Å². The van der Waals surface area contributed by atoms with Gasteiger partial charge in [-0.15, -0.1) is 0 Å². The molecule has 0 spiro atoms. The Bertz CT molecular complexity index is 408. The molecule has 180 valence electrons. The normalized spacial score (nSPS) is 12.4. The first-order chi connectivity index (χ1) is 14.4. The van der Waals surface area contributed by atoms with E-state index in [1.165, 1.54) is 96.3 Å². The van der Waals surface area contributed by atoms with Crippen molar-refractivity contribution in [2.24, 2.45) is 0 Å². The fraction of sp³-hybridized carbons (Fsp3) is 0.960. The molecule has 30 heavy (non-hydrogen) atoms. The Kier molecular flexibility index (Phi) is 17.6. The van der Waals surface area contributed by atoms with Gasteiger partial charge in [0.15, 0.2) is 0 Å². The second-order valence-electron chi connectivity index (χ2n) is 9.72. The minimum Gasteiger partial charge on any atom is -0.476 e. The Morgan fingerprint density at radius 2 is 0.933 bits per heavy atom. The van der Waals surface area contributed by atoms with Gasteiger partial charge in [-0.1, -0.05) is 103 Å². The van der Waals surface area contributed by atoms with E-state index in [1.807, 2.05) is 0 Å². The van der Waals surface area contributed by atoms with Crippen molar-refractivity contribution in [1.29, 1.82) is 0 Å². The zero-order chi connectivity index (χ0) is 22.7. The highest BCUT2D eigenvalue weighted by Gasteiger charge is 2.52. The summed E-state index contributed by atoms with van der Waals surface area (Å²) in [5.41, 5.74) is -1.52. The molecule has 0 unspecified atom stereocenters. The van der Waals surface area contributed by atoms with Crippen LogP contribution in [-0.2, 0) is 4.79 Å². The third kappa shape index (κ3) is 11.7. The number of hydrogen-bond donors (Lipinski definition) is 3. The molecular weight excluding hydrogens is 378 g/mol. The lowest BCUT2D eigenvalue weighted by Gasteiger charge is -2.43. The van der Waals surface area contributed by atoms with Gasteiger partial charge in [0.1, 0.15) is 13.2 Å². The number of nitrogens with zero attached hydrogens (tertiary/aromatic N) is 1. The number of likely N-dealkylation sites (N-methyl/N-ethyl adjacent to an activating group) is 1. The number of quaternary nitrogens is 1. The molecule has 0 atom stereocenters. The molecule has 0 rings (SSSR count). The third-order valence-electron chi connectivity index (χ3n) is 6.90. The van der Waals surface area contributed by atoms with Crippen molar-refractivity contribution in [3.05, 3.63) is 0 Å². The van der Waals surface area contributed by atoms with Crippen molar-refractivity contribution in [2.45, 2.75) is 122 Å². The van der Waals surface area contributed by atoms with Gasteiger partial charge in [-0.3, -0.25) is 0 Å². The van der Waals surface area contributed by atoms with Gasteiger partial charge in [-0.25, -0.2) is 4.79 Å². The molecule has 0 aromatic carbocycles. The zero-order valence-electron chi connectivity index (χ0n) is 20.3. The molecular formula is C25H52NO4+. The van der Waals surface area contributed by atoms with Crippen molar-refractivity contribution < 1.29 is 24.6 Å². The second-order valence-corrected chi connectivity index (χ2v) is 9.72. The summed E-state index contributed by atoms with van der Waals surface area (Å²) in [5, 5.41) is 28.6. The summed E-state index contributed by atoms with van der Waals surface area (Å²) in [5.74, 6) is -1.13. The van der Waals surface area contributed by atoms with E-state index in [1.54, 1.807) is 14.1 Å². The largest absolute Gasteiger partial charge is 0.476 e. The molecule has 0 aliphatic rings. The SMILES string of the molecule is CCCCCCCCCCCCCCCCCCC[N+](C)(C)C(CO)(CO)C(=O)O. The molecule has 5 heteroatoms. The summed E-state index contributed by atoms with van der Waals surface area (Å²) in [6.07, 6.45) is 22.4. The average molecular weight is 431 g/mol. The summed E-state index contributed by atoms with van der Waals surface area (Å²) in [6.45, 7) is 1.81. The van der Waals surface area contributed by atoms with E-state index in [-0.39, 0.29) is 4.48 Å². The van der Waals surface area contributed by atoms with Crippen LogP contribution in [0.2, 0.25) is 0 Å². The minimum absolute atomic E-state index is 0.105. The number of carboxylic acids is 1. The molecule has 0 amide bonds. The van der Waals surface area contributed by atoms with Crippen LogP contribution in [0.1, 0.15) is 116 Å². The first kappa shape index (κ1) is 29.4. The fourth-order valence-corrected chi connectivity index (χ4v) is 4.27. The molecule has 0 aromatic rings. The molecule has 5 nitrogen and oxygen atoms in total. The predicted molar refractivity (Wildman–Crippen MR) is 126 cm³/mol. The standard InChI is InChI=1S/C25H51NO4/c1-4-5-6-7-8-9-10-11-12-13-14-15-16-17-18-19-20-21-26(2,3)25(22-27,23-28)24(29)30/h27-28H,4-23H2,1-3H3/p+1. The average Bonchev–Trinajstić information content (AvgIpc) is 2.71. The summed E-state index contributed by atoms with van der Waals surface area (Å²) < 4.78 is 0.105. The minimum atomic E-state index is -1.52. The molecule has 0 saturated heterocycles. The molecule has 3 N–H and O–H groups in total. The van der Waals surface area contributed by atoms with E-state index in [2.05, 4.69) is 6.92 Å². The Morgan fingerprint density at radius 3 is 1.20 bits per heavy atom. The second kappa shape index (κ2) is 18.0. The highest BCUT2D eigenvalue weighted by molar-refractivity contribution is 5.77. The van der Waals surface area contributed by atoms with Gasteiger partial charge >= 0.3 is 5.97 Å². The Morgan fingerprint density at radius 1 is 0.633 bits per heavy atom. The third-order valence-corrected chi connectivity index (χ3v) is 6.90. The van der Waals surface area contributed by atoms with E-state index in [0.29, 0.717) is 6.54 Å². The van der Waals surface area contributed by atoms with Crippen LogP contribution in [0.25, 0.3) is 0 Å². The van der Waals surface area contributed by atoms with Gasteiger partial charge in [0.25, 0.3) is 0 Å². The molecule has 0 aromatic heterocycles. The summed E-state index contributed by atoms with van der Waals surface area (Å²) in [6, 6.07) is 0. The van der Waals surface area contributed by atoms with Crippen molar-refractivity contribution in [3.8, 4) is 0 Å². The Balaban J connectivity index is 3.57. The van der Waals surface area contributed by atoms with Gasteiger partial charge in [0.2, 0.25) is 5.54 Å². The molecule has 0 fully saturated rings. The maximum Gasteiger partial charge on any atom is 0.370 e. The van der Waals surface area contributed by atoms with Crippen LogP contribution < -0.4 is 0 Å². The quantitative estimate of drug-likeness (QED) is 0.156. The first-order valence-corrected chi connectivity index (χ1v) is 12.7. The number of rotatable bonds is 22. The van der Waals surface area contributed by atoms with E-state index < -0.39 is 24.7 Å². The summed E-state index contributed by atoms with van der Waals surface area (Å²) in [7, 11) is 3.57. The van der Waals surface area contributed by atoms with Crippen LogP contribution in [0.4, 0.5) is 0 Å². The molecule has 0 radical (unpaired) electrons. The van der Waals surface area contributed by atoms with Gasteiger partial charge in [0, 0.05) is 0 Å². The lowest BCUT2D eigenvalue weighted by molar-refractivity contribution is -0.933. The Labute approximate surface area is 186 Å². The number of carbonyl (C=O) groups is 1. The topological polar surface area (TPSA) is 77.8 Å². The van der Waals surface area contributed by atoms with Gasteiger partial charge < -0.3 is 19.8 Å². The number of aliphatic hydroxyl groups excluding tert-OH is 2. The highest BCUT2D eigenvalue weighted by atomic mass is 16.4. The maximum absolute atomic E-state index is 11.6. The summed E-state index contributed by atoms with van der Waals surface area (Å²) in [4.78, 5) is 11.6. The van der Waals surface area contributed by atoms with Crippen molar-refractivity contribution in [2.75, 3.05) is 33.9 Å². The Hall–Kier alpha value is -0.650. The predicted octanol–water partition coefficient (Wildman–Crippen LogP) is 5.52. The van der Waals surface area contributed by atoms with E-state index in [9.17, 15) is 20.1 Å². The molecule has 0 bridgehead atoms. The van der Waals surface area contributed by atoms with Crippen LogP contribution in [0.15, 0.2) is 0 Å². The van der Waals surface area contributed by atoms with Crippen LogP contribution in [-0.4, -0.2) is 65.2 Å². The molecule has 0 heterocycles. The molecule has 0 aliphatic heterocycles. The van der Waals surface area contributed by atoms with Crippen LogP contribution in [0, 0.1) is 0 Å².